The highest BCUT2D eigenvalue weighted by Gasteiger charge is 2.44. The first kappa shape index (κ1) is 19.5. The number of benzene rings is 3. The summed E-state index contributed by atoms with van der Waals surface area (Å²) < 4.78 is 5.71. The summed E-state index contributed by atoms with van der Waals surface area (Å²) in [6.07, 6.45) is -1.37. The van der Waals surface area contributed by atoms with Crippen LogP contribution in [0.15, 0.2) is 91.0 Å². The normalized spacial score (nSPS) is 12.2. The molecule has 1 atom stereocenters. The van der Waals surface area contributed by atoms with Crippen LogP contribution in [0, 0.1) is 0 Å². The van der Waals surface area contributed by atoms with Gasteiger partial charge in [-0.05, 0) is 23.6 Å². The van der Waals surface area contributed by atoms with E-state index in [1.165, 1.54) is 6.92 Å². The maximum absolute atomic E-state index is 12.4. The van der Waals surface area contributed by atoms with Crippen LogP contribution < -0.4 is 0 Å². The summed E-state index contributed by atoms with van der Waals surface area (Å²) in [5, 5.41) is 12.0. The van der Waals surface area contributed by atoms with Crippen molar-refractivity contribution in [3.05, 3.63) is 108 Å². The van der Waals surface area contributed by atoms with Gasteiger partial charge in [0.2, 0.25) is 0 Å². The van der Waals surface area contributed by atoms with Gasteiger partial charge in [0.05, 0.1) is 0 Å². The predicted molar refractivity (Wildman–Crippen MR) is 106 cm³/mol. The number of ketones is 1. The molecule has 0 aliphatic rings. The van der Waals surface area contributed by atoms with Crippen LogP contribution in [0.1, 0.15) is 36.1 Å². The van der Waals surface area contributed by atoms with E-state index in [0.717, 1.165) is 0 Å². The quantitative estimate of drug-likeness (QED) is 0.498. The smallest absolute Gasteiger partial charge is 0.314 e. The Morgan fingerprint density at radius 1 is 0.821 bits per heavy atom. The summed E-state index contributed by atoms with van der Waals surface area (Å²) in [7, 11) is 0. The summed E-state index contributed by atoms with van der Waals surface area (Å²) in [5.41, 5.74) is 0.182. The molecule has 0 aliphatic carbocycles. The number of rotatable bonds is 7. The Bertz CT molecular complexity index is 881. The molecule has 0 amide bonds. The molecule has 4 heteroatoms. The fraction of sp³-hybridized carbons (Fsp3) is 0.167. The number of carbonyl (C=O) groups excluding carboxylic acids is 2. The van der Waals surface area contributed by atoms with Crippen molar-refractivity contribution in [2.24, 2.45) is 0 Å². The Balaban J connectivity index is 2.17. The van der Waals surface area contributed by atoms with Gasteiger partial charge in [-0.3, -0.25) is 9.59 Å². The molecule has 0 aromatic heterocycles. The van der Waals surface area contributed by atoms with Crippen LogP contribution in [0.5, 0.6) is 0 Å². The van der Waals surface area contributed by atoms with Gasteiger partial charge in [-0.2, -0.15) is 0 Å². The fourth-order valence-corrected chi connectivity index (χ4v) is 3.25. The largest absolute Gasteiger partial charge is 0.453 e. The van der Waals surface area contributed by atoms with E-state index in [1.807, 2.05) is 54.6 Å². The van der Waals surface area contributed by atoms with Gasteiger partial charge in [0.25, 0.3) is 0 Å². The predicted octanol–water partition coefficient (Wildman–Crippen LogP) is 4.19. The van der Waals surface area contributed by atoms with Crippen LogP contribution in [0.4, 0.5) is 0 Å². The molecule has 0 fully saturated rings. The second kappa shape index (κ2) is 8.63. The van der Waals surface area contributed by atoms with Crippen molar-refractivity contribution >= 4 is 11.8 Å². The first-order chi connectivity index (χ1) is 13.5. The molecule has 0 bridgehead atoms. The topological polar surface area (TPSA) is 63.6 Å². The molecule has 0 spiro atoms. The van der Waals surface area contributed by atoms with E-state index >= 15 is 0 Å². The number of carbonyl (C=O) groups is 2. The summed E-state index contributed by atoms with van der Waals surface area (Å²) >= 11 is 0. The van der Waals surface area contributed by atoms with Gasteiger partial charge in [-0.1, -0.05) is 91.0 Å². The summed E-state index contributed by atoms with van der Waals surface area (Å²) in [5.74, 6) is -0.966. The molecule has 0 unspecified atom stereocenters. The zero-order chi connectivity index (χ0) is 20.0. The molecule has 0 saturated carbocycles. The highest BCUT2D eigenvalue weighted by atomic mass is 16.6. The minimum Gasteiger partial charge on any atom is -0.453 e. The number of hydrogen-bond acceptors (Lipinski definition) is 4. The van der Waals surface area contributed by atoms with E-state index in [-0.39, 0.29) is 12.2 Å². The lowest BCUT2D eigenvalue weighted by atomic mass is 9.79. The Kier molecular flexibility index (Phi) is 6.02. The van der Waals surface area contributed by atoms with Crippen LogP contribution in [-0.2, 0) is 19.9 Å². The molecule has 1 N–H and O–H groups in total. The van der Waals surface area contributed by atoms with Crippen molar-refractivity contribution in [1.29, 1.82) is 0 Å². The number of aliphatic hydroxyl groups is 1. The van der Waals surface area contributed by atoms with E-state index in [4.69, 9.17) is 4.74 Å². The summed E-state index contributed by atoms with van der Waals surface area (Å²) in [6.45, 7) is 1.33. The maximum atomic E-state index is 12.4. The Morgan fingerprint density at radius 2 is 1.25 bits per heavy atom. The molecular formula is C24H22O4. The Hall–Kier alpha value is -3.24. The molecule has 4 nitrogen and oxygen atoms in total. The number of ether oxygens (including phenoxy) is 1. The highest BCUT2D eigenvalue weighted by molar-refractivity contribution is 5.94. The molecule has 0 saturated heterocycles. The monoisotopic (exact) mass is 374 g/mol. The van der Waals surface area contributed by atoms with Crippen LogP contribution in [-0.4, -0.2) is 16.9 Å². The van der Waals surface area contributed by atoms with Crippen molar-refractivity contribution in [1.82, 2.24) is 0 Å². The Labute approximate surface area is 164 Å². The third-order valence-electron chi connectivity index (χ3n) is 4.55. The fourth-order valence-electron chi connectivity index (χ4n) is 3.25. The molecule has 28 heavy (non-hydrogen) atoms. The minimum atomic E-state index is -1.63. The van der Waals surface area contributed by atoms with Gasteiger partial charge in [0, 0.05) is 0 Å². The van der Waals surface area contributed by atoms with E-state index in [0.29, 0.717) is 16.7 Å². The second-order valence-corrected chi connectivity index (χ2v) is 6.66. The molecule has 142 valence electrons. The first-order valence-corrected chi connectivity index (χ1v) is 9.09. The highest BCUT2D eigenvalue weighted by Crippen LogP contribution is 2.43. The van der Waals surface area contributed by atoms with Crippen molar-refractivity contribution in [2.45, 2.75) is 25.0 Å². The van der Waals surface area contributed by atoms with E-state index in [9.17, 15) is 14.7 Å². The van der Waals surface area contributed by atoms with Gasteiger partial charge in [0.15, 0.2) is 11.7 Å². The molecule has 0 aliphatic heterocycles. The zero-order valence-electron chi connectivity index (χ0n) is 15.6. The lowest BCUT2D eigenvalue weighted by molar-refractivity contribution is -0.164. The van der Waals surface area contributed by atoms with Gasteiger partial charge in [-0.25, -0.2) is 0 Å². The SMILES string of the molecule is CC(=O)CC(=O)O[C@@H](c1ccccc1)C(O)(c1ccccc1)c1ccccc1. The van der Waals surface area contributed by atoms with Crippen molar-refractivity contribution in [3.63, 3.8) is 0 Å². The third-order valence-corrected chi connectivity index (χ3v) is 4.55. The number of hydrogen-bond donors (Lipinski definition) is 1. The third kappa shape index (κ3) is 4.18. The van der Waals surface area contributed by atoms with E-state index in [1.54, 1.807) is 36.4 Å². The van der Waals surface area contributed by atoms with Crippen molar-refractivity contribution in [3.8, 4) is 0 Å². The lowest BCUT2D eigenvalue weighted by Gasteiger charge is -2.37. The van der Waals surface area contributed by atoms with Crippen molar-refractivity contribution < 1.29 is 19.4 Å². The second-order valence-electron chi connectivity index (χ2n) is 6.66. The van der Waals surface area contributed by atoms with Crippen LogP contribution >= 0.6 is 0 Å². The molecule has 3 rings (SSSR count). The number of esters is 1. The lowest BCUT2D eigenvalue weighted by Crippen LogP contribution is -2.38. The summed E-state index contributed by atoms with van der Waals surface area (Å²) in [4.78, 5) is 23.8. The van der Waals surface area contributed by atoms with E-state index in [2.05, 4.69) is 0 Å². The van der Waals surface area contributed by atoms with Crippen LogP contribution in [0.2, 0.25) is 0 Å². The van der Waals surface area contributed by atoms with Gasteiger partial charge < -0.3 is 9.84 Å². The Morgan fingerprint density at radius 3 is 1.68 bits per heavy atom. The first-order valence-electron chi connectivity index (χ1n) is 9.09. The maximum Gasteiger partial charge on any atom is 0.314 e. The number of Topliss-reactive ketones (excluding diaryl/α,β-unsaturated/α-hetero) is 1. The average molecular weight is 374 g/mol. The zero-order valence-corrected chi connectivity index (χ0v) is 15.6. The molecule has 0 radical (unpaired) electrons. The van der Waals surface area contributed by atoms with Gasteiger partial charge in [0.1, 0.15) is 12.2 Å². The van der Waals surface area contributed by atoms with Crippen LogP contribution in [0.25, 0.3) is 0 Å². The van der Waals surface area contributed by atoms with Gasteiger partial charge >= 0.3 is 5.97 Å². The molecular weight excluding hydrogens is 352 g/mol. The van der Waals surface area contributed by atoms with Gasteiger partial charge in [-0.15, -0.1) is 0 Å². The molecule has 0 heterocycles. The van der Waals surface area contributed by atoms with Crippen LogP contribution in [0.3, 0.4) is 0 Å². The van der Waals surface area contributed by atoms with E-state index < -0.39 is 17.7 Å². The molecule has 3 aromatic rings. The standard InChI is InChI=1S/C24H22O4/c1-18(25)17-22(26)28-23(19-11-5-2-6-12-19)24(27,20-13-7-3-8-14-20)21-15-9-4-10-16-21/h2-16,23,27H,17H2,1H3/t23-/m0/s1. The summed E-state index contributed by atoms with van der Waals surface area (Å²) in [6, 6.07) is 27.2. The molecule has 3 aromatic carbocycles. The minimum absolute atomic E-state index is 0.292. The average Bonchev–Trinajstić information content (AvgIpc) is 2.73. The van der Waals surface area contributed by atoms with Crippen molar-refractivity contribution in [2.75, 3.05) is 0 Å².